The predicted octanol–water partition coefficient (Wildman–Crippen LogP) is 3.21. The van der Waals surface area contributed by atoms with Gasteiger partial charge in [-0.15, -0.1) is 0 Å². The molecule has 0 aliphatic carbocycles. The van der Waals surface area contributed by atoms with Crippen molar-refractivity contribution >= 4 is 23.0 Å². The summed E-state index contributed by atoms with van der Waals surface area (Å²) >= 11 is 0. The first-order chi connectivity index (χ1) is 13.1. The van der Waals surface area contributed by atoms with Crippen molar-refractivity contribution in [2.24, 2.45) is 0 Å². The molecule has 1 fully saturated rings. The van der Waals surface area contributed by atoms with E-state index in [2.05, 4.69) is 46.4 Å². The maximum absolute atomic E-state index is 12.7. The summed E-state index contributed by atoms with van der Waals surface area (Å²) in [6.07, 6.45) is 0. The van der Waals surface area contributed by atoms with Crippen molar-refractivity contribution in [2.45, 2.75) is 13.8 Å². The van der Waals surface area contributed by atoms with E-state index in [9.17, 15) is 4.79 Å². The van der Waals surface area contributed by atoms with Gasteiger partial charge in [0.05, 0.1) is 6.54 Å². The molecular weight excluding hydrogens is 336 g/mol. The van der Waals surface area contributed by atoms with Crippen LogP contribution in [0.4, 0.5) is 17.1 Å². The van der Waals surface area contributed by atoms with Crippen molar-refractivity contribution in [3.63, 3.8) is 0 Å². The summed E-state index contributed by atoms with van der Waals surface area (Å²) < 4.78 is 0. The van der Waals surface area contributed by atoms with E-state index in [1.54, 1.807) is 0 Å². The molecule has 2 aromatic rings. The SMILES string of the molecule is CCN(C(=O)CNc1ccc(N2CCN(C)CC2)cc1)c1cccc(C)c1. The highest BCUT2D eigenvalue weighted by atomic mass is 16.2. The monoisotopic (exact) mass is 366 g/mol. The zero-order chi connectivity index (χ0) is 19.2. The quantitative estimate of drug-likeness (QED) is 0.852. The van der Waals surface area contributed by atoms with Crippen LogP contribution in [-0.2, 0) is 4.79 Å². The van der Waals surface area contributed by atoms with E-state index in [1.807, 2.05) is 43.0 Å². The Balaban J connectivity index is 1.56. The van der Waals surface area contributed by atoms with E-state index in [0.29, 0.717) is 6.54 Å². The maximum Gasteiger partial charge on any atom is 0.246 e. The minimum atomic E-state index is 0.0752. The predicted molar refractivity (Wildman–Crippen MR) is 114 cm³/mol. The van der Waals surface area contributed by atoms with Crippen molar-refractivity contribution in [2.75, 3.05) is 61.4 Å². The van der Waals surface area contributed by atoms with E-state index >= 15 is 0 Å². The number of anilines is 3. The van der Waals surface area contributed by atoms with E-state index in [4.69, 9.17) is 0 Å². The molecular formula is C22H30N4O. The Morgan fingerprint density at radius 1 is 1.07 bits per heavy atom. The molecule has 0 bridgehead atoms. The van der Waals surface area contributed by atoms with Crippen LogP contribution in [0, 0.1) is 6.92 Å². The molecule has 0 spiro atoms. The van der Waals surface area contributed by atoms with Crippen molar-refractivity contribution < 1.29 is 4.79 Å². The van der Waals surface area contributed by atoms with Gasteiger partial charge >= 0.3 is 0 Å². The molecule has 27 heavy (non-hydrogen) atoms. The normalized spacial score (nSPS) is 14.9. The fraction of sp³-hybridized carbons (Fsp3) is 0.409. The molecule has 1 amide bonds. The lowest BCUT2D eigenvalue weighted by Gasteiger charge is -2.34. The number of likely N-dealkylation sites (N-methyl/N-ethyl adjacent to an activating group) is 2. The Kier molecular flexibility index (Phi) is 6.35. The number of nitrogens with one attached hydrogen (secondary N) is 1. The summed E-state index contributed by atoms with van der Waals surface area (Å²) in [5.41, 5.74) is 4.33. The molecule has 1 N–H and O–H groups in total. The Labute approximate surface area is 162 Å². The molecule has 5 nitrogen and oxygen atoms in total. The topological polar surface area (TPSA) is 38.8 Å². The Hall–Kier alpha value is -2.53. The number of nitrogens with zero attached hydrogens (tertiary/aromatic N) is 3. The molecule has 144 valence electrons. The van der Waals surface area contributed by atoms with Crippen LogP contribution in [0.25, 0.3) is 0 Å². The van der Waals surface area contributed by atoms with Crippen LogP contribution >= 0.6 is 0 Å². The van der Waals surface area contributed by atoms with Crippen LogP contribution in [0.1, 0.15) is 12.5 Å². The van der Waals surface area contributed by atoms with E-state index in [0.717, 1.165) is 43.1 Å². The zero-order valence-electron chi connectivity index (χ0n) is 16.6. The summed E-state index contributed by atoms with van der Waals surface area (Å²) in [6.45, 7) is 9.31. The number of piperazine rings is 1. The molecule has 0 unspecified atom stereocenters. The summed E-state index contributed by atoms with van der Waals surface area (Å²) in [5.74, 6) is 0.0752. The van der Waals surface area contributed by atoms with Crippen LogP contribution in [0.2, 0.25) is 0 Å². The largest absolute Gasteiger partial charge is 0.376 e. The van der Waals surface area contributed by atoms with Gasteiger partial charge in [-0.3, -0.25) is 4.79 Å². The number of hydrogen-bond donors (Lipinski definition) is 1. The van der Waals surface area contributed by atoms with Gasteiger partial charge in [-0.05, 0) is 62.9 Å². The fourth-order valence-electron chi connectivity index (χ4n) is 3.43. The van der Waals surface area contributed by atoms with Crippen LogP contribution < -0.4 is 15.1 Å². The highest BCUT2D eigenvalue weighted by Gasteiger charge is 2.15. The van der Waals surface area contributed by atoms with Gasteiger partial charge in [0, 0.05) is 49.8 Å². The summed E-state index contributed by atoms with van der Waals surface area (Å²) in [4.78, 5) is 19.2. The molecule has 0 saturated carbocycles. The van der Waals surface area contributed by atoms with Gasteiger partial charge in [-0.25, -0.2) is 0 Å². The molecule has 2 aromatic carbocycles. The number of carbonyl (C=O) groups is 1. The molecule has 3 rings (SSSR count). The van der Waals surface area contributed by atoms with Gasteiger partial charge in [0.2, 0.25) is 5.91 Å². The van der Waals surface area contributed by atoms with Gasteiger partial charge < -0.3 is 20.0 Å². The minimum Gasteiger partial charge on any atom is -0.376 e. The third-order valence-electron chi connectivity index (χ3n) is 5.11. The Morgan fingerprint density at radius 3 is 2.41 bits per heavy atom. The molecule has 0 aromatic heterocycles. The molecule has 1 aliphatic heterocycles. The maximum atomic E-state index is 12.7. The van der Waals surface area contributed by atoms with Gasteiger partial charge in [0.25, 0.3) is 0 Å². The second-order valence-electron chi connectivity index (χ2n) is 7.17. The van der Waals surface area contributed by atoms with E-state index < -0.39 is 0 Å². The Morgan fingerprint density at radius 2 is 1.78 bits per heavy atom. The standard InChI is InChI=1S/C22H30N4O/c1-4-26(21-7-5-6-18(2)16-21)22(27)17-23-19-8-10-20(11-9-19)25-14-12-24(3)13-15-25/h5-11,16,23H,4,12-15,17H2,1-3H3. The van der Waals surface area contributed by atoms with Gasteiger partial charge in [0.1, 0.15) is 0 Å². The summed E-state index contributed by atoms with van der Waals surface area (Å²) in [7, 11) is 2.16. The fourth-order valence-corrected chi connectivity index (χ4v) is 3.43. The third kappa shape index (κ3) is 5.01. The van der Waals surface area contributed by atoms with Crippen molar-refractivity contribution in [3.05, 3.63) is 54.1 Å². The van der Waals surface area contributed by atoms with Crippen molar-refractivity contribution in [1.29, 1.82) is 0 Å². The van der Waals surface area contributed by atoms with Crippen LogP contribution in [0.3, 0.4) is 0 Å². The number of rotatable bonds is 6. The first-order valence-corrected chi connectivity index (χ1v) is 9.71. The number of carbonyl (C=O) groups excluding carboxylic acids is 1. The Bertz CT molecular complexity index is 751. The van der Waals surface area contributed by atoms with E-state index in [-0.39, 0.29) is 12.5 Å². The molecule has 1 aliphatic rings. The number of hydrogen-bond acceptors (Lipinski definition) is 4. The van der Waals surface area contributed by atoms with Gasteiger partial charge in [0.15, 0.2) is 0 Å². The molecule has 5 heteroatoms. The summed E-state index contributed by atoms with van der Waals surface area (Å²) in [6, 6.07) is 16.5. The number of benzene rings is 2. The van der Waals surface area contributed by atoms with Gasteiger partial charge in [-0.2, -0.15) is 0 Å². The summed E-state index contributed by atoms with van der Waals surface area (Å²) in [5, 5.41) is 3.26. The lowest BCUT2D eigenvalue weighted by molar-refractivity contribution is -0.116. The molecule has 0 radical (unpaired) electrons. The first kappa shape index (κ1) is 19.2. The van der Waals surface area contributed by atoms with Crippen LogP contribution in [0.5, 0.6) is 0 Å². The average Bonchev–Trinajstić information content (AvgIpc) is 2.68. The van der Waals surface area contributed by atoms with Crippen molar-refractivity contribution in [3.8, 4) is 0 Å². The zero-order valence-corrected chi connectivity index (χ0v) is 16.6. The van der Waals surface area contributed by atoms with E-state index in [1.165, 1.54) is 5.69 Å². The third-order valence-corrected chi connectivity index (χ3v) is 5.11. The first-order valence-electron chi connectivity index (χ1n) is 9.71. The highest BCUT2D eigenvalue weighted by Crippen LogP contribution is 2.20. The lowest BCUT2D eigenvalue weighted by atomic mass is 10.2. The lowest BCUT2D eigenvalue weighted by Crippen LogP contribution is -2.44. The minimum absolute atomic E-state index is 0.0752. The number of aryl methyl sites for hydroxylation is 1. The van der Waals surface area contributed by atoms with Crippen molar-refractivity contribution in [1.82, 2.24) is 4.90 Å². The smallest absolute Gasteiger partial charge is 0.246 e. The van der Waals surface area contributed by atoms with Gasteiger partial charge in [-0.1, -0.05) is 12.1 Å². The average molecular weight is 367 g/mol. The van der Waals surface area contributed by atoms with Crippen LogP contribution in [0.15, 0.2) is 48.5 Å². The molecule has 1 heterocycles. The molecule has 0 atom stereocenters. The van der Waals surface area contributed by atoms with Crippen LogP contribution in [-0.4, -0.2) is 57.1 Å². The second-order valence-corrected chi connectivity index (χ2v) is 7.17. The highest BCUT2D eigenvalue weighted by molar-refractivity contribution is 5.96. The molecule has 1 saturated heterocycles. The second kappa shape index (κ2) is 8.91. The number of amides is 1.